The third-order valence-corrected chi connectivity index (χ3v) is 8.04. The molecule has 0 saturated heterocycles. The standard InChI is InChI=1S/C34H50N3O11P/c1-7-8-21-42-29(38)24-37(6)32(35)36-49(41,47-30(25(2)3)45-33(39)43-22-19-27-15-11-9-12-16-27)48-31(26(4)5)46-34(40)44-23-20-28-17-13-10-14-18-28/h9-18,25-26,30-31H,7-8,19-24H2,1-6H3,(H2,35,36,41). The lowest BCUT2D eigenvalue weighted by molar-refractivity contribution is -0.144. The van der Waals surface area contributed by atoms with Gasteiger partial charge in [0.1, 0.15) is 6.54 Å². The van der Waals surface area contributed by atoms with E-state index in [-0.39, 0.29) is 26.4 Å². The Labute approximate surface area is 288 Å². The van der Waals surface area contributed by atoms with Crippen molar-refractivity contribution in [2.75, 3.05) is 33.4 Å². The number of hydrogen-bond acceptors (Lipinski definition) is 11. The maximum absolute atomic E-state index is 14.3. The fourth-order valence-corrected chi connectivity index (χ4v) is 5.44. The summed E-state index contributed by atoms with van der Waals surface area (Å²) in [6, 6.07) is 18.8. The summed E-state index contributed by atoms with van der Waals surface area (Å²) in [7, 11) is -3.35. The minimum atomic E-state index is -4.78. The first kappa shape index (κ1) is 41.0. The summed E-state index contributed by atoms with van der Waals surface area (Å²) in [5.41, 5.74) is 8.03. The first-order valence-electron chi connectivity index (χ1n) is 16.3. The second-order valence-electron chi connectivity index (χ2n) is 11.7. The second-order valence-corrected chi connectivity index (χ2v) is 13.3. The number of hydrogen-bond donors (Lipinski definition) is 1. The number of guanidine groups is 1. The van der Waals surface area contributed by atoms with Crippen LogP contribution in [0.1, 0.15) is 58.6 Å². The van der Waals surface area contributed by atoms with Gasteiger partial charge in [-0.2, -0.15) is 0 Å². The number of esters is 1. The minimum absolute atomic E-state index is 0.0156. The van der Waals surface area contributed by atoms with Gasteiger partial charge in [-0.3, -0.25) is 4.79 Å². The molecule has 15 heteroatoms. The number of rotatable bonds is 20. The molecule has 0 saturated carbocycles. The average Bonchev–Trinajstić information content (AvgIpc) is 3.05. The Morgan fingerprint density at radius 3 is 1.61 bits per heavy atom. The third kappa shape index (κ3) is 16.7. The van der Waals surface area contributed by atoms with E-state index >= 15 is 0 Å². The lowest BCUT2D eigenvalue weighted by atomic mass is 10.2. The van der Waals surface area contributed by atoms with E-state index in [9.17, 15) is 18.9 Å². The van der Waals surface area contributed by atoms with Crippen LogP contribution in [0.5, 0.6) is 0 Å². The molecule has 0 amide bonds. The number of benzene rings is 2. The second kappa shape index (κ2) is 21.8. The number of carbonyl (C=O) groups excluding carboxylic acids is 3. The van der Waals surface area contributed by atoms with Gasteiger partial charge in [0.05, 0.1) is 19.8 Å². The Morgan fingerprint density at radius 2 is 1.20 bits per heavy atom. The molecule has 2 unspecified atom stereocenters. The van der Waals surface area contributed by atoms with Gasteiger partial charge in [-0.1, -0.05) is 102 Å². The highest BCUT2D eigenvalue weighted by Gasteiger charge is 2.39. The lowest BCUT2D eigenvalue weighted by Gasteiger charge is -2.28. The van der Waals surface area contributed by atoms with Gasteiger partial charge in [-0.15, -0.1) is 4.76 Å². The number of nitrogens with two attached hydrogens (primary N) is 1. The van der Waals surface area contributed by atoms with Crippen molar-refractivity contribution in [2.24, 2.45) is 22.3 Å². The maximum atomic E-state index is 14.3. The molecule has 0 aromatic heterocycles. The molecule has 0 aliphatic heterocycles. The van der Waals surface area contributed by atoms with Gasteiger partial charge in [0.25, 0.3) is 0 Å². The van der Waals surface area contributed by atoms with Crippen LogP contribution in [0.15, 0.2) is 65.4 Å². The Hall–Kier alpha value is -4.13. The van der Waals surface area contributed by atoms with Crippen LogP contribution in [0.3, 0.4) is 0 Å². The smallest absolute Gasteiger partial charge is 0.464 e. The van der Waals surface area contributed by atoms with Crippen molar-refractivity contribution in [3.63, 3.8) is 0 Å². The molecule has 0 heterocycles. The van der Waals surface area contributed by atoms with Crippen LogP contribution >= 0.6 is 7.75 Å². The molecule has 272 valence electrons. The van der Waals surface area contributed by atoms with Gasteiger partial charge in [0.2, 0.25) is 18.5 Å². The highest BCUT2D eigenvalue weighted by Crippen LogP contribution is 2.54. The molecule has 0 aliphatic rings. The van der Waals surface area contributed by atoms with Crippen molar-refractivity contribution in [2.45, 2.75) is 72.9 Å². The molecule has 0 spiro atoms. The molecule has 0 bridgehead atoms. The first-order chi connectivity index (χ1) is 23.3. The van der Waals surface area contributed by atoms with Crippen molar-refractivity contribution in [3.05, 3.63) is 71.8 Å². The van der Waals surface area contributed by atoms with Gasteiger partial charge in [-0.25, -0.2) is 23.2 Å². The van der Waals surface area contributed by atoms with Gasteiger partial charge < -0.3 is 34.3 Å². The molecular formula is C34H50N3O11P. The number of unbranched alkanes of at least 4 members (excludes halogenated alkanes) is 1. The number of nitrogens with zero attached hydrogens (tertiary/aromatic N) is 2. The fraction of sp³-hybridized carbons (Fsp3) is 0.529. The topological polar surface area (TPSA) is 175 Å². The summed E-state index contributed by atoms with van der Waals surface area (Å²) in [6.45, 7) is 8.44. The molecule has 2 N–H and O–H groups in total. The molecule has 2 aromatic rings. The van der Waals surface area contributed by atoms with Crippen molar-refractivity contribution in [1.29, 1.82) is 0 Å². The van der Waals surface area contributed by atoms with Crippen LogP contribution in [-0.4, -0.2) is 75.1 Å². The van der Waals surface area contributed by atoms with Crippen LogP contribution in [0.4, 0.5) is 9.59 Å². The fourth-order valence-electron chi connectivity index (χ4n) is 3.80. The van der Waals surface area contributed by atoms with E-state index in [0.717, 1.165) is 17.5 Å². The summed E-state index contributed by atoms with van der Waals surface area (Å²) in [5.74, 6) is -2.17. The lowest BCUT2D eigenvalue weighted by Crippen LogP contribution is -2.38. The summed E-state index contributed by atoms with van der Waals surface area (Å²) < 4.78 is 56.0. The number of likely N-dealkylation sites (N-methyl/N-ethyl adjacent to an activating group) is 1. The van der Waals surface area contributed by atoms with E-state index in [2.05, 4.69) is 4.76 Å². The molecule has 2 atom stereocenters. The molecule has 0 fully saturated rings. The molecule has 2 aromatic carbocycles. The number of ether oxygens (including phenoxy) is 5. The molecule has 0 radical (unpaired) electrons. The Morgan fingerprint density at radius 1 is 0.755 bits per heavy atom. The van der Waals surface area contributed by atoms with Crippen molar-refractivity contribution in [3.8, 4) is 0 Å². The van der Waals surface area contributed by atoms with Crippen molar-refractivity contribution >= 4 is 32.0 Å². The highest BCUT2D eigenvalue weighted by molar-refractivity contribution is 7.52. The molecule has 0 aliphatic carbocycles. The maximum Gasteiger partial charge on any atom is 0.510 e. The molecular weight excluding hydrogens is 657 g/mol. The largest absolute Gasteiger partial charge is 0.510 e. The summed E-state index contributed by atoms with van der Waals surface area (Å²) >= 11 is 0. The monoisotopic (exact) mass is 707 g/mol. The van der Waals surface area contributed by atoms with Gasteiger partial charge in [-0.05, 0) is 17.5 Å². The van der Waals surface area contributed by atoms with Gasteiger partial charge >= 0.3 is 26.0 Å². The zero-order valence-corrected chi connectivity index (χ0v) is 30.0. The van der Waals surface area contributed by atoms with E-state index in [4.69, 9.17) is 38.5 Å². The zero-order chi connectivity index (χ0) is 36.2. The van der Waals surface area contributed by atoms with Crippen LogP contribution in [0.2, 0.25) is 0 Å². The van der Waals surface area contributed by atoms with E-state index in [1.807, 2.05) is 67.6 Å². The minimum Gasteiger partial charge on any atom is -0.464 e. The molecule has 14 nitrogen and oxygen atoms in total. The summed E-state index contributed by atoms with van der Waals surface area (Å²) in [4.78, 5) is 38.7. The summed E-state index contributed by atoms with van der Waals surface area (Å²) in [6.07, 6.45) is -2.76. The summed E-state index contributed by atoms with van der Waals surface area (Å²) in [5, 5.41) is 0. The van der Waals surface area contributed by atoms with E-state index < -0.39 is 56.4 Å². The molecule has 2 rings (SSSR count). The average molecular weight is 708 g/mol. The Balaban J connectivity index is 2.21. The highest BCUT2D eigenvalue weighted by atomic mass is 31.2. The predicted molar refractivity (Wildman–Crippen MR) is 182 cm³/mol. The van der Waals surface area contributed by atoms with E-state index in [1.165, 1.54) is 11.9 Å². The van der Waals surface area contributed by atoms with E-state index in [1.54, 1.807) is 27.7 Å². The van der Waals surface area contributed by atoms with Crippen LogP contribution in [0, 0.1) is 11.8 Å². The zero-order valence-electron chi connectivity index (χ0n) is 29.1. The van der Waals surface area contributed by atoms with Crippen molar-refractivity contribution in [1.82, 2.24) is 4.90 Å². The normalized spacial score (nSPS) is 14.0. The van der Waals surface area contributed by atoms with Gasteiger partial charge in [0, 0.05) is 31.7 Å². The number of carbonyl (C=O) groups is 3. The quantitative estimate of drug-likeness (QED) is 0.0302. The van der Waals surface area contributed by atoms with Crippen LogP contribution < -0.4 is 5.73 Å². The third-order valence-electron chi connectivity index (χ3n) is 6.64. The first-order valence-corrected chi connectivity index (χ1v) is 17.7. The molecule has 49 heavy (non-hydrogen) atoms. The van der Waals surface area contributed by atoms with Crippen molar-refractivity contribution < 1.29 is 51.7 Å². The van der Waals surface area contributed by atoms with E-state index in [0.29, 0.717) is 19.3 Å². The Bertz CT molecular complexity index is 1280. The van der Waals surface area contributed by atoms with Crippen LogP contribution in [-0.2, 0) is 54.9 Å². The SMILES string of the molecule is CCCCOC(=O)CN(C)C(N)=NP(=O)(OC(OC(=O)OCCc1ccccc1)C(C)C)OC(OC(=O)OCCc1ccccc1)C(C)C. The Kier molecular flexibility index (Phi) is 18.2. The van der Waals surface area contributed by atoms with Gasteiger partial charge in [0.15, 0.2) is 0 Å². The van der Waals surface area contributed by atoms with Crippen LogP contribution in [0.25, 0.3) is 0 Å². The predicted octanol–water partition coefficient (Wildman–Crippen LogP) is 6.47.